The number of rotatable bonds is 11. The molecule has 1 aliphatic carbocycles. The molecule has 4 N–H and O–H groups in total. The molecule has 1 aromatic carbocycles. The lowest BCUT2D eigenvalue weighted by molar-refractivity contribution is 0.0858. The van der Waals surface area contributed by atoms with Crippen LogP contribution in [-0.4, -0.2) is 59.9 Å². The number of anilines is 4. The molecule has 0 saturated heterocycles. The molecule has 1 aliphatic heterocycles. The first-order valence-electron chi connectivity index (χ1n) is 12.7. The van der Waals surface area contributed by atoms with Crippen molar-refractivity contribution in [2.75, 3.05) is 34.7 Å². The molecule has 11 nitrogen and oxygen atoms in total. The van der Waals surface area contributed by atoms with E-state index in [1.165, 1.54) is 28.5 Å². The van der Waals surface area contributed by atoms with Gasteiger partial charge in [0.15, 0.2) is 0 Å². The van der Waals surface area contributed by atoms with Crippen LogP contribution < -0.4 is 20.5 Å². The van der Waals surface area contributed by atoms with E-state index in [1.807, 2.05) is 6.92 Å². The Morgan fingerprint density at radius 3 is 2.62 bits per heavy atom. The highest BCUT2D eigenvalue weighted by atomic mass is 79.9. The number of carbonyl (C=O) groups is 1. The van der Waals surface area contributed by atoms with Gasteiger partial charge in [-0.05, 0) is 50.8 Å². The smallest absolute Gasteiger partial charge is 0.415 e. The molecule has 39 heavy (non-hydrogen) atoms. The van der Waals surface area contributed by atoms with Crippen molar-refractivity contribution in [2.45, 2.75) is 63.3 Å². The predicted molar refractivity (Wildman–Crippen MR) is 149 cm³/mol. The third kappa shape index (κ3) is 5.79. The Morgan fingerprint density at radius 2 is 2.00 bits per heavy atom. The van der Waals surface area contributed by atoms with Crippen LogP contribution in [0.3, 0.4) is 0 Å². The number of fused-ring (bicyclic) bond motifs is 1. The first-order chi connectivity index (χ1) is 18.4. The molecule has 2 aromatic rings. The summed E-state index contributed by atoms with van der Waals surface area (Å²) in [7, 11) is -4.22. The monoisotopic (exact) mass is 630 g/mol. The lowest BCUT2D eigenvalue weighted by atomic mass is 10.2. The van der Waals surface area contributed by atoms with Gasteiger partial charge in [0, 0.05) is 23.1 Å². The Hall–Kier alpha value is -2.68. The minimum atomic E-state index is -4.22. The molecule has 1 saturated carbocycles. The number of hydrogen-bond acceptors (Lipinski definition) is 8. The summed E-state index contributed by atoms with van der Waals surface area (Å²) in [5.74, 6) is -0.673. The van der Waals surface area contributed by atoms with E-state index in [2.05, 4.69) is 26.0 Å². The standard InChI is InChI=1S/C25H32BrFN4O7S/c1-3-4-11-38-24(35)31-10-9-30-22(31)21(29-39(36,37)25(7-8-25)13-17(33)14-32)20(15(2)23(30)34)28-19-6-5-16(26)12-18(19)27/h5-6,12,17,28-29,32-33H,3-4,7-11,13-14H2,1-2H3. The number of ether oxygens (including phenoxy) is 1. The summed E-state index contributed by atoms with van der Waals surface area (Å²) in [6.45, 7) is 3.15. The molecular weight excluding hydrogens is 599 g/mol. The second-order valence-corrected chi connectivity index (χ2v) is 12.8. The Morgan fingerprint density at radius 1 is 1.28 bits per heavy atom. The third-order valence-electron chi connectivity index (χ3n) is 7.04. The number of unbranched alkanes of at least 4 members (excludes halogenated alkanes) is 1. The summed E-state index contributed by atoms with van der Waals surface area (Å²) in [6, 6.07) is 4.23. The van der Waals surface area contributed by atoms with Crippen molar-refractivity contribution in [3.05, 3.63) is 44.4 Å². The fourth-order valence-corrected chi connectivity index (χ4v) is 6.69. The minimum Gasteiger partial charge on any atom is -0.449 e. The van der Waals surface area contributed by atoms with Gasteiger partial charge in [0.2, 0.25) is 10.0 Å². The van der Waals surface area contributed by atoms with Crippen LogP contribution in [-0.2, 0) is 21.3 Å². The molecule has 0 bridgehead atoms. The number of hydrogen-bond donors (Lipinski definition) is 4. The Labute approximate surface area is 234 Å². The topological polar surface area (TPSA) is 150 Å². The van der Waals surface area contributed by atoms with E-state index in [1.54, 1.807) is 6.07 Å². The number of halogens is 2. The van der Waals surface area contributed by atoms with Crippen LogP contribution in [0.2, 0.25) is 0 Å². The van der Waals surface area contributed by atoms with Gasteiger partial charge in [-0.2, -0.15) is 0 Å². The summed E-state index contributed by atoms with van der Waals surface area (Å²) in [5, 5.41) is 22.2. The van der Waals surface area contributed by atoms with E-state index in [0.717, 1.165) is 6.42 Å². The number of nitrogens with zero attached hydrogens (tertiary/aromatic N) is 2. The molecule has 1 unspecified atom stereocenters. The number of aromatic nitrogens is 1. The van der Waals surface area contributed by atoms with E-state index in [-0.39, 0.29) is 67.4 Å². The van der Waals surface area contributed by atoms with Crippen LogP contribution in [0.1, 0.15) is 44.6 Å². The first-order valence-corrected chi connectivity index (χ1v) is 15.0. The molecule has 2 aliphatic rings. The molecule has 1 atom stereocenters. The highest BCUT2D eigenvalue weighted by Gasteiger charge is 2.56. The largest absolute Gasteiger partial charge is 0.449 e. The summed E-state index contributed by atoms with van der Waals surface area (Å²) in [5.41, 5.74) is -0.501. The van der Waals surface area contributed by atoms with Crippen molar-refractivity contribution in [2.24, 2.45) is 0 Å². The molecule has 1 amide bonds. The van der Waals surface area contributed by atoms with Crippen molar-refractivity contribution in [3.63, 3.8) is 0 Å². The quantitative estimate of drug-likeness (QED) is 0.275. The number of carbonyl (C=O) groups excluding carboxylic acids is 1. The molecule has 0 spiro atoms. The fourth-order valence-electron chi connectivity index (χ4n) is 4.63. The van der Waals surface area contributed by atoms with Gasteiger partial charge < -0.3 is 20.3 Å². The number of aliphatic hydroxyl groups excluding tert-OH is 2. The number of benzene rings is 1. The molecule has 214 valence electrons. The Kier molecular flexibility index (Phi) is 8.59. The van der Waals surface area contributed by atoms with Gasteiger partial charge in [0.25, 0.3) is 5.56 Å². The van der Waals surface area contributed by atoms with Gasteiger partial charge in [-0.25, -0.2) is 17.6 Å². The second-order valence-electron chi connectivity index (χ2n) is 9.85. The number of aliphatic hydroxyl groups is 2. The predicted octanol–water partition coefficient (Wildman–Crippen LogP) is 3.58. The average molecular weight is 632 g/mol. The number of amides is 1. The molecule has 4 rings (SSSR count). The summed E-state index contributed by atoms with van der Waals surface area (Å²) >= 11 is 3.20. The highest BCUT2D eigenvalue weighted by Crippen LogP contribution is 2.50. The maximum absolute atomic E-state index is 14.8. The van der Waals surface area contributed by atoms with Crippen molar-refractivity contribution >= 4 is 54.9 Å². The maximum Gasteiger partial charge on any atom is 0.415 e. The van der Waals surface area contributed by atoms with Gasteiger partial charge in [-0.3, -0.25) is 19.0 Å². The van der Waals surface area contributed by atoms with Crippen molar-refractivity contribution in [3.8, 4) is 0 Å². The van der Waals surface area contributed by atoms with E-state index >= 15 is 0 Å². The Bertz CT molecular complexity index is 1430. The summed E-state index contributed by atoms with van der Waals surface area (Å²) in [6.07, 6.45) is -0.252. The van der Waals surface area contributed by atoms with Crippen molar-refractivity contribution in [1.82, 2.24) is 4.57 Å². The number of pyridine rings is 1. The third-order valence-corrected chi connectivity index (χ3v) is 9.72. The van der Waals surface area contributed by atoms with Gasteiger partial charge in [0.1, 0.15) is 17.3 Å². The molecule has 2 heterocycles. The lowest BCUT2D eigenvalue weighted by Gasteiger charge is -2.26. The zero-order chi connectivity index (χ0) is 28.5. The average Bonchev–Trinajstić information content (AvgIpc) is 3.54. The van der Waals surface area contributed by atoms with Crippen LogP contribution in [0.25, 0.3) is 0 Å². The molecule has 1 aromatic heterocycles. The van der Waals surface area contributed by atoms with Crippen LogP contribution >= 0.6 is 15.9 Å². The van der Waals surface area contributed by atoms with Crippen LogP contribution in [0, 0.1) is 12.7 Å². The van der Waals surface area contributed by atoms with Crippen molar-refractivity contribution < 1.29 is 32.6 Å². The van der Waals surface area contributed by atoms with Crippen LogP contribution in [0.4, 0.5) is 32.1 Å². The van der Waals surface area contributed by atoms with E-state index in [9.17, 15) is 32.6 Å². The Balaban J connectivity index is 1.85. The number of nitrogens with one attached hydrogen (secondary N) is 2. The van der Waals surface area contributed by atoms with Gasteiger partial charge in [-0.1, -0.05) is 29.3 Å². The summed E-state index contributed by atoms with van der Waals surface area (Å²) < 4.78 is 50.6. The van der Waals surface area contributed by atoms with Crippen LogP contribution in [0.5, 0.6) is 0 Å². The molecule has 14 heteroatoms. The molecule has 1 fully saturated rings. The molecular formula is C25H32BrFN4O7S. The summed E-state index contributed by atoms with van der Waals surface area (Å²) in [4.78, 5) is 27.6. The van der Waals surface area contributed by atoms with E-state index < -0.39 is 45.0 Å². The minimum absolute atomic E-state index is 0.0113. The van der Waals surface area contributed by atoms with Crippen molar-refractivity contribution in [1.29, 1.82) is 0 Å². The lowest BCUT2D eigenvalue weighted by Crippen LogP contribution is -2.36. The number of sulfonamides is 1. The van der Waals surface area contributed by atoms with Gasteiger partial charge >= 0.3 is 6.09 Å². The second kappa shape index (κ2) is 11.4. The van der Waals surface area contributed by atoms with E-state index in [0.29, 0.717) is 10.9 Å². The van der Waals surface area contributed by atoms with Gasteiger partial charge in [0.05, 0.1) is 35.4 Å². The first kappa shape index (κ1) is 29.3. The zero-order valence-corrected chi connectivity index (χ0v) is 24.1. The normalized spacial score (nSPS) is 16.5. The highest BCUT2D eigenvalue weighted by molar-refractivity contribution is 9.10. The van der Waals surface area contributed by atoms with E-state index in [4.69, 9.17) is 4.74 Å². The molecule has 0 radical (unpaired) electrons. The zero-order valence-electron chi connectivity index (χ0n) is 21.7. The maximum atomic E-state index is 14.8. The van der Waals surface area contributed by atoms with Gasteiger partial charge in [-0.15, -0.1) is 0 Å². The SMILES string of the molecule is CCCCOC(=O)N1CCn2c1c(NS(=O)(=O)C1(CC(O)CO)CC1)c(Nc1ccc(Br)cc1F)c(C)c2=O. The fraction of sp³-hybridized carbons (Fsp3) is 0.520. The van der Waals surface area contributed by atoms with Crippen LogP contribution in [0.15, 0.2) is 27.5 Å².